The van der Waals surface area contributed by atoms with Gasteiger partial charge in [0.25, 0.3) is 10.0 Å². The minimum Gasteiger partial charge on any atom is -0.369 e. The van der Waals surface area contributed by atoms with Gasteiger partial charge in [0.15, 0.2) is 11.6 Å². The van der Waals surface area contributed by atoms with E-state index in [0.717, 1.165) is 12.1 Å². The number of nitrogens with zero attached hydrogens (tertiary/aromatic N) is 3. The molecule has 0 bridgehead atoms. The Kier molecular flexibility index (Phi) is 5.87. The third kappa shape index (κ3) is 4.70. The van der Waals surface area contributed by atoms with Crippen LogP contribution in [-0.4, -0.2) is 37.4 Å². The fourth-order valence-electron chi connectivity index (χ4n) is 3.80. The second-order valence-electron chi connectivity index (χ2n) is 7.67. The fourth-order valence-corrected chi connectivity index (χ4v) is 5.03. The average Bonchev–Trinajstić information content (AvgIpc) is 2.78. The molecule has 33 heavy (non-hydrogen) atoms. The Labute approximate surface area is 187 Å². The Balaban J connectivity index is 1.81. The second kappa shape index (κ2) is 8.50. The zero-order chi connectivity index (χ0) is 23.8. The molecular formula is C21H20F3N5O3S. The highest BCUT2D eigenvalue weighted by molar-refractivity contribution is 7.92. The molecule has 3 aromatic rings. The summed E-state index contributed by atoms with van der Waals surface area (Å²) in [5.41, 5.74) is 4.98. The molecule has 1 atom stereocenters. The number of para-hydroxylation sites is 2. The lowest BCUT2D eigenvalue weighted by atomic mass is 9.97. The van der Waals surface area contributed by atoms with Crippen molar-refractivity contribution in [3.63, 3.8) is 0 Å². The summed E-state index contributed by atoms with van der Waals surface area (Å²) >= 11 is 0. The van der Waals surface area contributed by atoms with Crippen molar-refractivity contribution in [1.29, 1.82) is 0 Å². The number of rotatable bonds is 5. The molecule has 2 heterocycles. The normalized spacial score (nSPS) is 17.2. The van der Waals surface area contributed by atoms with Crippen LogP contribution >= 0.6 is 0 Å². The predicted molar refractivity (Wildman–Crippen MR) is 116 cm³/mol. The number of fused-ring (bicyclic) bond motifs is 1. The Morgan fingerprint density at radius 3 is 2.36 bits per heavy atom. The van der Waals surface area contributed by atoms with E-state index >= 15 is 0 Å². The van der Waals surface area contributed by atoms with Crippen molar-refractivity contribution < 1.29 is 26.4 Å². The molecule has 0 saturated carbocycles. The summed E-state index contributed by atoms with van der Waals surface area (Å²) < 4.78 is 68.6. The number of anilines is 2. The van der Waals surface area contributed by atoms with Crippen LogP contribution in [0.1, 0.15) is 18.4 Å². The van der Waals surface area contributed by atoms with Crippen LogP contribution in [0, 0.1) is 5.92 Å². The van der Waals surface area contributed by atoms with Gasteiger partial charge in [0.1, 0.15) is 0 Å². The quantitative estimate of drug-likeness (QED) is 0.581. The highest BCUT2D eigenvalue weighted by Crippen LogP contribution is 2.36. The number of amides is 1. The van der Waals surface area contributed by atoms with Crippen molar-refractivity contribution in [3.05, 3.63) is 54.1 Å². The van der Waals surface area contributed by atoms with Gasteiger partial charge in [-0.2, -0.15) is 13.2 Å². The molecule has 3 N–H and O–H groups in total. The predicted octanol–water partition coefficient (Wildman–Crippen LogP) is 3.15. The number of nitrogens with two attached hydrogens (primary N) is 1. The maximum atomic E-state index is 13.4. The van der Waals surface area contributed by atoms with E-state index < -0.39 is 38.5 Å². The summed E-state index contributed by atoms with van der Waals surface area (Å²) in [5, 5.41) is 0. The first-order chi connectivity index (χ1) is 15.6. The lowest BCUT2D eigenvalue weighted by molar-refractivity contribution is -0.139. The number of aromatic nitrogens is 2. The molecule has 12 heteroatoms. The van der Waals surface area contributed by atoms with Crippen LogP contribution in [0.2, 0.25) is 0 Å². The lowest BCUT2D eigenvalue weighted by Gasteiger charge is -2.33. The summed E-state index contributed by atoms with van der Waals surface area (Å²) in [6.07, 6.45) is -3.69. The SMILES string of the molecule is NC(=O)[C@H]1CCCN(c2nc3ccccc3nc2NS(=O)(=O)c2ccccc2C(F)(F)F)C1. The van der Waals surface area contributed by atoms with Gasteiger partial charge in [-0.3, -0.25) is 9.52 Å². The average molecular weight is 479 g/mol. The number of sulfonamides is 1. The van der Waals surface area contributed by atoms with Gasteiger partial charge < -0.3 is 10.6 Å². The van der Waals surface area contributed by atoms with Crippen molar-refractivity contribution in [1.82, 2.24) is 9.97 Å². The lowest BCUT2D eigenvalue weighted by Crippen LogP contribution is -2.42. The van der Waals surface area contributed by atoms with Gasteiger partial charge in [0.2, 0.25) is 5.91 Å². The number of carbonyl (C=O) groups excluding carboxylic acids is 1. The summed E-state index contributed by atoms with van der Waals surface area (Å²) in [5.74, 6) is -1.07. The van der Waals surface area contributed by atoms with Gasteiger partial charge >= 0.3 is 6.18 Å². The summed E-state index contributed by atoms with van der Waals surface area (Å²) in [6.45, 7) is 0.640. The maximum absolute atomic E-state index is 13.4. The van der Waals surface area contributed by atoms with Gasteiger partial charge in [0.05, 0.1) is 27.4 Å². The number of halogens is 3. The molecule has 8 nitrogen and oxygen atoms in total. The molecule has 1 aromatic heterocycles. The van der Waals surface area contributed by atoms with Gasteiger partial charge in [-0.25, -0.2) is 18.4 Å². The molecule has 1 saturated heterocycles. The van der Waals surface area contributed by atoms with Crippen molar-refractivity contribution >= 4 is 38.6 Å². The van der Waals surface area contributed by atoms with Crippen LogP contribution in [-0.2, 0) is 21.0 Å². The van der Waals surface area contributed by atoms with Crippen LogP contribution in [0.5, 0.6) is 0 Å². The zero-order valence-electron chi connectivity index (χ0n) is 17.2. The smallest absolute Gasteiger partial charge is 0.369 e. The highest BCUT2D eigenvalue weighted by Gasteiger charge is 2.37. The largest absolute Gasteiger partial charge is 0.417 e. The topological polar surface area (TPSA) is 118 Å². The minimum atomic E-state index is -4.87. The highest BCUT2D eigenvalue weighted by atomic mass is 32.2. The number of benzene rings is 2. The van der Waals surface area contributed by atoms with Crippen LogP contribution in [0.15, 0.2) is 53.4 Å². The Morgan fingerprint density at radius 1 is 1.06 bits per heavy atom. The van der Waals surface area contributed by atoms with E-state index in [-0.39, 0.29) is 18.2 Å². The minimum absolute atomic E-state index is 0.118. The molecule has 1 amide bonds. The van der Waals surface area contributed by atoms with Gasteiger partial charge in [-0.1, -0.05) is 24.3 Å². The third-order valence-electron chi connectivity index (χ3n) is 5.39. The van der Waals surface area contributed by atoms with Crippen molar-refractivity contribution in [2.75, 3.05) is 22.7 Å². The fraction of sp³-hybridized carbons (Fsp3) is 0.286. The van der Waals surface area contributed by atoms with Crippen LogP contribution in [0.3, 0.4) is 0 Å². The van der Waals surface area contributed by atoms with Crippen LogP contribution in [0.4, 0.5) is 24.8 Å². The molecule has 4 rings (SSSR count). The van der Waals surface area contributed by atoms with Crippen molar-refractivity contribution in [2.24, 2.45) is 11.7 Å². The van der Waals surface area contributed by atoms with Crippen LogP contribution in [0.25, 0.3) is 11.0 Å². The molecule has 2 aromatic carbocycles. The molecule has 0 radical (unpaired) electrons. The number of primary amides is 1. The number of piperidine rings is 1. The summed E-state index contributed by atoms with van der Waals surface area (Å²) in [6, 6.07) is 10.6. The third-order valence-corrected chi connectivity index (χ3v) is 6.79. The molecule has 1 aliphatic heterocycles. The molecule has 1 aliphatic rings. The monoisotopic (exact) mass is 479 g/mol. The number of hydrogen-bond donors (Lipinski definition) is 2. The molecular weight excluding hydrogens is 459 g/mol. The molecule has 0 spiro atoms. The van der Waals surface area contributed by atoms with Crippen molar-refractivity contribution in [3.8, 4) is 0 Å². The number of hydrogen-bond acceptors (Lipinski definition) is 6. The van der Waals surface area contributed by atoms with Crippen LogP contribution < -0.4 is 15.4 Å². The number of alkyl halides is 3. The summed E-state index contributed by atoms with van der Waals surface area (Å²) in [7, 11) is -4.68. The summed E-state index contributed by atoms with van der Waals surface area (Å²) in [4.78, 5) is 21.3. The van der Waals surface area contributed by atoms with E-state index in [1.807, 2.05) is 0 Å². The Hall–Kier alpha value is -3.41. The molecule has 0 unspecified atom stereocenters. The van der Waals surface area contributed by atoms with Crippen molar-refractivity contribution in [2.45, 2.75) is 23.9 Å². The maximum Gasteiger partial charge on any atom is 0.417 e. The van der Waals surface area contributed by atoms with E-state index in [1.54, 1.807) is 29.2 Å². The molecule has 174 valence electrons. The van der Waals surface area contributed by atoms with E-state index in [9.17, 15) is 26.4 Å². The second-order valence-corrected chi connectivity index (χ2v) is 9.32. The van der Waals surface area contributed by atoms with Gasteiger partial charge in [-0.15, -0.1) is 0 Å². The van der Waals surface area contributed by atoms with E-state index in [4.69, 9.17) is 5.73 Å². The first kappa shape index (κ1) is 22.8. The molecule has 0 aliphatic carbocycles. The first-order valence-electron chi connectivity index (χ1n) is 10.1. The first-order valence-corrected chi connectivity index (χ1v) is 11.5. The Morgan fingerprint density at radius 2 is 1.70 bits per heavy atom. The standard InChI is InChI=1S/C21H20F3N5O3S/c22-21(23,24)14-7-1-4-10-17(14)33(31,32)28-19-20(27-16-9-3-2-8-15(16)26-19)29-11-5-6-13(12-29)18(25)30/h1-4,7-10,13H,5-6,11-12H2,(H2,25,30)(H,26,28)/t13-/m0/s1. The molecule has 1 fully saturated rings. The van der Waals surface area contributed by atoms with Gasteiger partial charge in [-0.05, 0) is 37.1 Å². The van der Waals surface area contributed by atoms with E-state index in [2.05, 4.69) is 14.7 Å². The van der Waals surface area contributed by atoms with E-state index in [0.29, 0.717) is 36.5 Å². The Bertz CT molecular complexity index is 1310. The number of carbonyl (C=O) groups is 1. The van der Waals surface area contributed by atoms with Gasteiger partial charge in [0, 0.05) is 13.1 Å². The zero-order valence-corrected chi connectivity index (χ0v) is 18.0. The van der Waals surface area contributed by atoms with E-state index in [1.165, 1.54) is 6.07 Å². The number of nitrogens with one attached hydrogen (secondary N) is 1.